The molecule has 0 aliphatic rings. The lowest BCUT2D eigenvalue weighted by atomic mass is 10.2. The smallest absolute Gasteiger partial charge is 0.214 e. The summed E-state index contributed by atoms with van der Waals surface area (Å²) in [5.41, 5.74) is 7.48. The molecule has 0 aliphatic carbocycles. The van der Waals surface area contributed by atoms with Crippen molar-refractivity contribution < 1.29 is 9.13 Å². The van der Waals surface area contributed by atoms with Crippen LogP contribution in [0.4, 0.5) is 4.39 Å². The maximum absolute atomic E-state index is 13.4. The number of rotatable bonds is 4. The van der Waals surface area contributed by atoms with E-state index in [0.717, 1.165) is 5.69 Å². The number of aromatic nitrogens is 1. The average Bonchev–Trinajstić information content (AvgIpc) is 2.37. The molecule has 0 atom stereocenters. The van der Waals surface area contributed by atoms with Gasteiger partial charge < -0.3 is 10.5 Å². The molecule has 5 heteroatoms. The van der Waals surface area contributed by atoms with Crippen molar-refractivity contribution in [1.82, 2.24) is 4.98 Å². The Morgan fingerprint density at radius 3 is 2.79 bits per heavy atom. The number of halogens is 1. The van der Waals surface area contributed by atoms with Crippen LogP contribution >= 0.6 is 12.2 Å². The molecule has 0 saturated carbocycles. The van der Waals surface area contributed by atoms with Crippen molar-refractivity contribution >= 4 is 17.2 Å². The van der Waals surface area contributed by atoms with Gasteiger partial charge in [-0.05, 0) is 19.1 Å². The summed E-state index contributed by atoms with van der Waals surface area (Å²) in [6.45, 7) is 1.93. The van der Waals surface area contributed by atoms with Crippen LogP contribution in [0, 0.1) is 12.7 Å². The van der Waals surface area contributed by atoms with Gasteiger partial charge >= 0.3 is 0 Å². The highest BCUT2D eigenvalue weighted by atomic mass is 32.1. The Balaban J connectivity index is 2.16. The lowest BCUT2D eigenvalue weighted by Crippen LogP contribution is -2.10. The Kier molecular flexibility index (Phi) is 4.06. The standard InChI is InChI=1S/C14H13FN2OS/c1-9-6-11(14(16)19)7-13(17-9)18-8-10-4-2-3-5-12(10)15/h2-7H,8H2,1H3,(H2,16,19). The Bertz CT molecular complexity index is 616. The van der Waals surface area contributed by atoms with E-state index >= 15 is 0 Å². The molecule has 0 radical (unpaired) electrons. The SMILES string of the molecule is Cc1cc(C(N)=S)cc(OCc2ccccc2F)n1. The van der Waals surface area contributed by atoms with E-state index in [4.69, 9.17) is 22.7 Å². The van der Waals surface area contributed by atoms with Crippen LogP contribution in [0.5, 0.6) is 5.88 Å². The van der Waals surface area contributed by atoms with E-state index < -0.39 is 0 Å². The Labute approximate surface area is 116 Å². The number of aryl methyl sites for hydroxylation is 1. The summed E-state index contributed by atoms with van der Waals surface area (Å²) in [7, 11) is 0. The van der Waals surface area contributed by atoms with Gasteiger partial charge in [-0.25, -0.2) is 9.37 Å². The number of hydrogen-bond acceptors (Lipinski definition) is 3. The fourth-order valence-corrected chi connectivity index (χ4v) is 1.74. The van der Waals surface area contributed by atoms with Gasteiger partial charge in [0.25, 0.3) is 0 Å². The molecule has 0 saturated heterocycles. The summed E-state index contributed by atoms with van der Waals surface area (Å²) in [6.07, 6.45) is 0. The Morgan fingerprint density at radius 1 is 1.37 bits per heavy atom. The second kappa shape index (κ2) is 5.75. The van der Waals surface area contributed by atoms with Gasteiger partial charge in [-0.3, -0.25) is 0 Å². The third-order valence-electron chi connectivity index (χ3n) is 2.55. The topological polar surface area (TPSA) is 48.1 Å². The maximum atomic E-state index is 13.4. The van der Waals surface area contributed by atoms with Crippen molar-refractivity contribution in [2.24, 2.45) is 5.73 Å². The van der Waals surface area contributed by atoms with Crippen LogP contribution in [0.1, 0.15) is 16.8 Å². The lowest BCUT2D eigenvalue weighted by molar-refractivity contribution is 0.287. The molecule has 0 amide bonds. The molecule has 1 heterocycles. The molecular weight excluding hydrogens is 263 g/mol. The Hall–Kier alpha value is -2.01. The summed E-state index contributed by atoms with van der Waals surface area (Å²) in [6, 6.07) is 9.87. The second-order valence-electron chi connectivity index (χ2n) is 4.08. The highest BCUT2D eigenvalue weighted by Gasteiger charge is 2.06. The van der Waals surface area contributed by atoms with E-state index in [-0.39, 0.29) is 17.4 Å². The van der Waals surface area contributed by atoms with Gasteiger partial charge in [-0.15, -0.1) is 0 Å². The summed E-state index contributed by atoms with van der Waals surface area (Å²) >= 11 is 4.91. The third kappa shape index (κ3) is 3.48. The molecule has 3 nitrogen and oxygen atoms in total. The molecule has 1 aromatic heterocycles. The molecule has 98 valence electrons. The number of hydrogen-bond donors (Lipinski definition) is 1. The van der Waals surface area contributed by atoms with Crippen molar-refractivity contribution in [3.05, 3.63) is 59.0 Å². The van der Waals surface area contributed by atoms with Gasteiger partial charge in [-0.1, -0.05) is 30.4 Å². The highest BCUT2D eigenvalue weighted by Crippen LogP contribution is 2.15. The van der Waals surface area contributed by atoms with Gasteiger partial charge in [0, 0.05) is 22.9 Å². The zero-order valence-corrected chi connectivity index (χ0v) is 11.2. The molecule has 2 N–H and O–H groups in total. The summed E-state index contributed by atoms with van der Waals surface area (Å²) in [4.78, 5) is 4.48. The predicted molar refractivity (Wildman–Crippen MR) is 75.6 cm³/mol. The second-order valence-corrected chi connectivity index (χ2v) is 4.52. The minimum Gasteiger partial charge on any atom is -0.473 e. The molecule has 0 bridgehead atoms. The summed E-state index contributed by atoms with van der Waals surface area (Å²) < 4.78 is 18.9. The average molecular weight is 276 g/mol. The summed E-state index contributed by atoms with van der Waals surface area (Å²) in [5, 5.41) is 0. The number of benzene rings is 1. The molecule has 19 heavy (non-hydrogen) atoms. The molecule has 0 unspecified atom stereocenters. The fourth-order valence-electron chi connectivity index (χ4n) is 1.62. The van der Waals surface area contributed by atoms with Crippen molar-refractivity contribution in [3.63, 3.8) is 0 Å². The van der Waals surface area contributed by atoms with Gasteiger partial charge in [0.2, 0.25) is 5.88 Å². The van der Waals surface area contributed by atoms with Crippen LogP contribution < -0.4 is 10.5 Å². The van der Waals surface area contributed by atoms with Gasteiger partial charge in [0.1, 0.15) is 17.4 Å². The quantitative estimate of drug-likeness (QED) is 0.872. The normalized spacial score (nSPS) is 10.2. The molecule has 0 aliphatic heterocycles. The van der Waals surface area contributed by atoms with E-state index in [1.807, 2.05) is 6.92 Å². The number of nitrogens with zero attached hydrogens (tertiary/aromatic N) is 1. The predicted octanol–water partition coefficient (Wildman–Crippen LogP) is 2.74. The first-order chi connectivity index (χ1) is 9.06. The minimum atomic E-state index is -0.301. The zero-order valence-electron chi connectivity index (χ0n) is 10.4. The molecular formula is C14H13FN2OS. The zero-order chi connectivity index (χ0) is 13.8. The van der Waals surface area contributed by atoms with Crippen LogP contribution in [-0.2, 0) is 6.61 Å². The molecule has 0 spiro atoms. The fraction of sp³-hybridized carbons (Fsp3) is 0.143. The van der Waals surface area contributed by atoms with Crippen LogP contribution in [0.2, 0.25) is 0 Å². The largest absolute Gasteiger partial charge is 0.473 e. The number of nitrogens with two attached hydrogens (primary N) is 1. The minimum absolute atomic E-state index is 0.111. The first-order valence-electron chi connectivity index (χ1n) is 5.71. The number of ether oxygens (including phenoxy) is 1. The van der Waals surface area contributed by atoms with Crippen LogP contribution in [-0.4, -0.2) is 9.97 Å². The van der Waals surface area contributed by atoms with E-state index in [1.54, 1.807) is 30.3 Å². The highest BCUT2D eigenvalue weighted by molar-refractivity contribution is 7.80. The molecule has 2 aromatic rings. The van der Waals surface area contributed by atoms with Gasteiger partial charge in [-0.2, -0.15) is 0 Å². The van der Waals surface area contributed by atoms with Crippen molar-refractivity contribution in [3.8, 4) is 5.88 Å². The van der Waals surface area contributed by atoms with Crippen molar-refractivity contribution in [1.29, 1.82) is 0 Å². The first kappa shape index (κ1) is 13.4. The van der Waals surface area contributed by atoms with Crippen molar-refractivity contribution in [2.45, 2.75) is 13.5 Å². The number of pyridine rings is 1. The van der Waals surface area contributed by atoms with Gasteiger partial charge in [0.15, 0.2) is 0 Å². The van der Waals surface area contributed by atoms with Crippen LogP contribution in [0.15, 0.2) is 36.4 Å². The lowest BCUT2D eigenvalue weighted by Gasteiger charge is -2.08. The maximum Gasteiger partial charge on any atom is 0.214 e. The third-order valence-corrected chi connectivity index (χ3v) is 2.78. The monoisotopic (exact) mass is 276 g/mol. The summed E-state index contributed by atoms with van der Waals surface area (Å²) in [5.74, 6) is 0.0794. The van der Waals surface area contributed by atoms with E-state index in [9.17, 15) is 4.39 Å². The van der Waals surface area contributed by atoms with Crippen LogP contribution in [0.3, 0.4) is 0 Å². The number of thiocarbonyl (C=S) groups is 1. The van der Waals surface area contributed by atoms with E-state index in [2.05, 4.69) is 4.98 Å². The molecule has 2 rings (SSSR count). The molecule has 0 fully saturated rings. The van der Waals surface area contributed by atoms with Crippen LogP contribution in [0.25, 0.3) is 0 Å². The van der Waals surface area contributed by atoms with E-state index in [1.165, 1.54) is 6.07 Å². The Morgan fingerprint density at radius 2 is 2.11 bits per heavy atom. The molecule has 1 aromatic carbocycles. The van der Waals surface area contributed by atoms with Gasteiger partial charge in [0.05, 0.1) is 0 Å². The van der Waals surface area contributed by atoms with E-state index in [0.29, 0.717) is 17.0 Å². The van der Waals surface area contributed by atoms with Crippen molar-refractivity contribution in [2.75, 3.05) is 0 Å². The first-order valence-corrected chi connectivity index (χ1v) is 6.12.